The summed E-state index contributed by atoms with van der Waals surface area (Å²) < 4.78 is 90.5. The Labute approximate surface area is 253 Å². The van der Waals surface area contributed by atoms with E-state index in [0.29, 0.717) is 66.4 Å². The summed E-state index contributed by atoms with van der Waals surface area (Å²) in [6, 6.07) is 14.5. The number of hydrogen-bond donors (Lipinski definition) is 0. The Morgan fingerprint density at radius 2 is 1.73 bits per heavy atom. The lowest BCUT2D eigenvalue weighted by Crippen LogP contribution is -2.29. The topological polar surface area (TPSA) is 91.4 Å². The van der Waals surface area contributed by atoms with Crippen LogP contribution < -0.4 is 14.2 Å². The minimum absolute atomic E-state index is 0.112. The van der Waals surface area contributed by atoms with E-state index in [1.54, 1.807) is 36.4 Å². The van der Waals surface area contributed by atoms with E-state index in [4.69, 9.17) is 18.9 Å². The summed E-state index contributed by atoms with van der Waals surface area (Å²) >= 11 is 0. The molecule has 2 aliphatic heterocycles. The normalized spacial score (nSPS) is 21.4. The second kappa shape index (κ2) is 11.6. The molecular weight excluding hydrogens is 599 g/mol. The highest BCUT2D eigenvalue weighted by molar-refractivity contribution is 7.88. The molecule has 6 rings (SSSR count). The fraction of sp³-hybridized carbons (Fsp3) is 0.406. The van der Waals surface area contributed by atoms with Crippen LogP contribution in [0.1, 0.15) is 53.5 Å². The van der Waals surface area contributed by atoms with Gasteiger partial charge < -0.3 is 18.9 Å². The number of carbonyl (C=O) groups is 1. The summed E-state index contributed by atoms with van der Waals surface area (Å²) in [5.41, 5.74) is 2.00. The number of alkyl halides is 3. The molecule has 0 saturated carbocycles. The number of sulfonamides is 1. The van der Waals surface area contributed by atoms with E-state index in [9.17, 15) is 26.4 Å². The molecule has 1 saturated heterocycles. The Hall–Kier alpha value is -3.77. The van der Waals surface area contributed by atoms with Gasteiger partial charge in [0.2, 0.25) is 10.0 Å². The van der Waals surface area contributed by atoms with Gasteiger partial charge >= 0.3 is 12.1 Å². The Bertz CT molecular complexity index is 1670. The SMILES string of the molecule is COC(=O)C[C@@H]1COc2cc(O[C@@H]3CCc4c3ccc(C(F)(F)F)c4-c3ccc(O[C@@H]4CCN(S(C)(=O)=O)C4)cc3)ccc21. The lowest BCUT2D eigenvalue weighted by molar-refractivity contribution is -0.141. The van der Waals surface area contributed by atoms with Crippen LogP contribution >= 0.6 is 0 Å². The average Bonchev–Trinajstić information content (AvgIpc) is 3.72. The smallest absolute Gasteiger partial charge is 0.417 e. The summed E-state index contributed by atoms with van der Waals surface area (Å²) in [7, 11) is -1.97. The van der Waals surface area contributed by atoms with Gasteiger partial charge in [0, 0.05) is 24.1 Å². The quantitative estimate of drug-likeness (QED) is 0.287. The van der Waals surface area contributed by atoms with Gasteiger partial charge in [-0.2, -0.15) is 17.5 Å². The highest BCUT2D eigenvalue weighted by Gasteiger charge is 2.38. The summed E-state index contributed by atoms with van der Waals surface area (Å²) in [6.07, 6.45) is -2.53. The zero-order valence-corrected chi connectivity index (χ0v) is 25.0. The first-order valence-corrected chi connectivity index (χ1v) is 16.2. The predicted molar refractivity (Wildman–Crippen MR) is 155 cm³/mol. The third-order valence-electron chi connectivity index (χ3n) is 8.46. The molecule has 234 valence electrons. The number of nitrogens with zero attached hydrogens (tertiary/aromatic N) is 1. The molecule has 0 amide bonds. The molecule has 3 aromatic rings. The minimum atomic E-state index is -4.56. The zero-order valence-electron chi connectivity index (χ0n) is 24.2. The van der Waals surface area contributed by atoms with Crippen molar-refractivity contribution < 1.29 is 45.3 Å². The van der Waals surface area contributed by atoms with Crippen molar-refractivity contribution in [2.24, 2.45) is 0 Å². The molecule has 8 nitrogen and oxygen atoms in total. The van der Waals surface area contributed by atoms with Gasteiger partial charge in [-0.15, -0.1) is 0 Å². The molecule has 0 aromatic heterocycles. The summed E-state index contributed by atoms with van der Waals surface area (Å²) in [5, 5.41) is 0. The van der Waals surface area contributed by atoms with Gasteiger partial charge in [-0.05, 0) is 65.8 Å². The van der Waals surface area contributed by atoms with E-state index < -0.39 is 27.9 Å². The lowest BCUT2D eigenvalue weighted by Gasteiger charge is -2.20. The number of rotatable bonds is 8. The van der Waals surface area contributed by atoms with E-state index in [-0.39, 0.29) is 36.5 Å². The van der Waals surface area contributed by atoms with Crippen molar-refractivity contribution in [2.75, 3.05) is 33.1 Å². The molecule has 3 atom stereocenters. The second-order valence-electron chi connectivity index (χ2n) is 11.4. The monoisotopic (exact) mass is 631 g/mol. The maximum absolute atomic E-state index is 14.2. The molecule has 12 heteroatoms. The van der Waals surface area contributed by atoms with Crippen LogP contribution in [0.5, 0.6) is 17.2 Å². The lowest BCUT2D eigenvalue weighted by atomic mass is 9.91. The highest BCUT2D eigenvalue weighted by atomic mass is 32.2. The van der Waals surface area contributed by atoms with Crippen molar-refractivity contribution in [2.45, 2.75) is 50.0 Å². The molecule has 0 radical (unpaired) electrons. The summed E-state index contributed by atoms with van der Waals surface area (Å²) in [6.45, 7) is 0.953. The fourth-order valence-corrected chi connectivity index (χ4v) is 7.16. The Morgan fingerprint density at radius 1 is 1.00 bits per heavy atom. The van der Waals surface area contributed by atoms with Crippen LogP contribution in [0.4, 0.5) is 13.2 Å². The van der Waals surface area contributed by atoms with Crippen molar-refractivity contribution in [3.8, 4) is 28.4 Å². The Morgan fingerprint density at radius 3 is 2.41 bits per heavy atom. The number of methoxy groups -OCH3 is 1. The van der Waals surface area contributed by atoms with E-state index in [1.165, 1.54) is 17.5 Å². The maximum atomic E-state index is 14.2. The largest absolute Gasteiger partial charge is 0.492 e. The van der Waals surface area contributed by atoms with E-state index in [0.717, 1.165) is 17.9 Å². The van der Waals surface area contributed by atoms with Crippen LogP contribution in [0.25, 0.3) is 11.1 Å². The number of fused-ring (bicyclic) bond motifs is 2. The Kier molecular flexibility index (Phi) is 8.00. The first-order chi connectivity index (χ1) is 20.9. The second-order valence-corrected chi connectivity index (χ2v) is 13.3. The van der Waals surface area contributed by atoms with Crippen molar-refractivity contribution in [3.05, 3.63) is 76.9 Å². The molecule has 44 heavy (non-hydrogen) atoms. The Balaban J connectivity index is 1.23. The molecule has 0 unspecified atom stereocenters. The molecule has 3 aromatic carbocycles. The van der Waals surface area contributed by atoms with Crippen LogP contribution in [-0.2, 0) is 32.2 Å². The molecular formula is C32H32F3NO7S. The molecule has 1 fully saturated rings. The average molecular weight is 632 g/mol. The van der Waals surface area contributed by atoms with Crippen molar-refractivity contribution >= 4 is 16.0 Å². The van der Waals surface area contributed by atoms with Crippen molar-refractivity contribution in [1.82, 2.24) is 4.31 Å². The van der Waals surface area contributed by atoms with E-state index >= 15 is 0 Å². The number of esters is 1. The maximum Gasteiger partial charge on any atom is 0.417 e. The first kappa shape index (κ1) is 30.3. The van der Waals surface area contributed by atoms with Crippen LogP contribution in [0.15, 0.2) is 54.6 Å². The van der Waals surface area contributed by atoms with Crippen LogP contribution in [0, 0.1) is 0 Å². The molecule has 0 N–H and O–H groups in total. The van der Waals surface area contributed by atoms with Gasteiger partial charge in [0.05, 0.1) is 38.5 Å². The predicted octanol–water partition coefficient (Wildman–Crippen LogP) is 5.89. The van der Waals surface area contributed by atoms with Gasteiger partial charge in [0.25, 0.3) is 0 Å². The molecule has 3 aliphatic rings. The van der Waals surface area contributed by atoms with Gasteiger partial charge in [-0.3, -0.25) is 4.79 Å². The number of carbonyl (C=O) groups excluding carboxylic acids is 1. The van der Waals surface area contributed by atoms with E-state index in [1.807, 2.05) is 6.07 Å². The van der Waals surface area contributed by atoms with Crippen molar-refractivity contribution in [3.63, 3.8) is 0 Å². The number of ether oxygens (including phenoxy) is 4. The number of hydrogen-bond acceptors (Lipinski definition) is 7. The molecule has 0 bridgehead atoms. The standard InChI is InChI=1S/C32H32F3NO7S/c1-40-30(37)15-20-18-41-29-16-22(7-8-24(20)29)43-28-12-10-26-25(28)9-11-27(32(33,34)35)31(26)19-3-5-21(6-4-19)42-23-13-14-36(17-23)44(2,38)39/h3-9,11,16,20,23,28H,10,12-15,17-18H2,1-2H3/t20-,23-,28-/m1/s1. The van der Waals surface area contributed by atoms with Crippen LogP contribution in [0.3, 0.4) is 0 Å². The van der Waals surface area contributed by atoms with Gasteiger partial charge in [-0.25, -0.2) is 8.42 Å². The zero-order chi connectivity index (χ0) is 31.2. The highest BCUT2D eigenvalue weighted by Crippen LogP contribution is 2.47. The number of benzene rings is 3. The van der Waals surface area contributed by atoms with Gasteiger partial charge in [0.15, 0.2) is 0 Å². The minimum Gasteiger partial charge on any atom is -0.492 e. The van der Waals surface area contributed by atoms with E-state index in [2.05, 4.69) is 0 Å². The third-order valence-corrected chi connectivity index (χ3v) is 9.73. The van der Waals surface area contributed by atoms with Gasteiger partial charge in [0.1, 0.15) is 29.5 Å². The van der Waals surface area contributed by atoms with Crippen molar-refractivity contribution in [1.29, 1.82) is 0 Å². The van der Waals surface area contributed by atoms with Crippen LogP contribution in [-0.4, -0.2) is 57.9 Å². The fourth-order valence-electron chi connectivity index (χ4n) is 6.29. The third kappa shape index (κ3) is 6.10. The summed E-state index contributed by atoms with van der Waals surface area (Å²) in [4.78, 5) is 11.7. The van der Waals surface area contributed by atoms with Crippen LogP contribution in [0.2, 0.25) is 0 Å². The number of halogens is 3. The molecule has 2 heterocycles. The first-order valence-electron chi connectivity index (χ1n) is 14.4. The van der Waals surface area contributed by atoms with Gasteiger partial charge in [-0.1, -0.05) is 24.3 Å². The molecule has 0 spiro atoms. The molecule has 1 aliphatic carbocycles. The summed E-state index contributed by atoms with van der Waals surface area (Å²) in [5.74, 6) is 1.18.